The molecule has 3 atom stereocenters. The summed E-state index contributed by atoms with van der Waals surface area (Å²) in [4.78, 5) is 31.4. The maximum absolute atomic E-state index is 13.5. The highest BCUT2D eigenvalue weighted by Crippen LogP contribution is 2.47. The highest BCUT2D eigenvalue weighted by atomic mass is 35.5. The molecule has 1 unspecified atom stereocenters. The van der Waals surface area contributed by atoms with Crippen LogP contribution in [-0.4, -0.2) is 23.6 Å². The maximum Gasteiger partial charge on any atom is 0.315 e. The van der Waals surface area contributed by atoms with Gasteiger partial charge in [0.15, 0.2) is 5.78 Å². The van der Waals surface area contributed by atoms with Crippen LogP contribution in [0.5, 0.6) is 0 Å². The van der Waals surface area contributed by atoms with Crippen LogP contribution in [0.2, 0.25) is 10.0 Å². The molecule has 166 valence electrons. The van der Waals surface area contributed by atoms with E-state index in [1.54, 1.807) is 12.1 Å². The summed E-state index contributed by atoms with van der Waals surface area (Å²) in [6.07, 6.45) is 0.748. The van der Waals surface area contributed by atoms with E-state index in [9.17, 15) is 9.59 Å². The summed E-state index contributed by atoms with van der Waals surface area (Å²) in [5.74, 6) is -1.51. The third-order valence-corrected chi connectivity index (χ3v) is 6.81. The second-order valence-electron chi connectivity index (χ2n) is 8.67. The van der Waals surface area contributed by atoms with Crippen LogP contribution in [0.15, 0.2) is 64.8 Å². The van der Waals surface area contributed by atoms with Gasteiger partial charge in [-0.1, -0.05) is 59.6 Å². The molecule has 1 aliphatic heterocycles. The molecule has 6 heteroatoms. The summed E-state index contributed by atoms with van der Waals surface area (Å²) in [6, 6.07) is 15.3. The largest absolute Gasteiger partial charge is 0.462 e. The van der Waals surface area contributed by atoms with E-state index in [1.165, 1.54) is 0 Å². The first-order valence-electron chi connectivity index (χ1n) is 10.8. The number of halogens is 2. The molecule has 0 saturated heterocycles. The number of hydrogen-bond acceptors (Lipinski definition) is 4. The molecule has 0 amide bonds. The predicted molar refractivity (Wildman–Crippen MR) is 127 cm³/mol. The number of aliphatic imine (C=N–C) groups is 1. The third-order valence-electron chi connectivity index (χ3n) is 6.07. The fraction of sp³-hybridized carbons (Fsp3) is 0.346. The quantitative estimate of drug-likeness (QED) is 0.478. The molecular formula is C26H25Cl2NO3. The smallest absolute Gasteiger partial charge is 0.315 e. The van der Waals surface area contributed by atoms with Crippen molar-refractivity contribution in [3.63, 3.8) is 0 Å². The van der Waals surface area contributed by atoms with E-state index in [1.807, 2.05) is 57.2 Å². The molecule has 0 radical (unpaired) electrons. The molecule has 32 heavy (non-hydrogen) atoms. The number of ether oxygens (including phenoxy) is 1. The number of esters is 1. The molecule has 0 bridgehead atoms. The summed E-state index contributed by atoms with van der Waals surface area (Å²) >= 11 is 12.5. The van der Waals surface area contributed by atoms with E-state index in [0.29, 0.717) is 34.2 Å². The van der Waals surface area contributed by atoms with E-state index in [-0.39, 0.29) is 23.8 Å². The SMILES string of the molecule is CC1=NC2=C(C(=O)C[C@H](c3ccccc3)C2)[C@@H](c2ccc(Cl)c(Cl)c2)C1C(=O)OC(C)C. The molecule has 4 rings (SSSR count). The summed E-state index contributed by atoms with van der Waals surface area (Å²) in [5, 5.41) is 0.805. The minimum absolute atomic E-state index is 0.00905. The number of carbonyl (C=O) groups excluding carboxylic acids is 2. The Bertz CT molecular complexity index is 1120. The van der Waals surface area contributed by atoms with Crippen molar-refractivity contribution in [3.8, 4) is 0 Å². The first kappa shape index (κ1) is 22.8. The predicted octanol–water partition coefficient (Wildman–Crippen LogP) is 6.52. The van der Waals surface area contributed by atoms with Crippen molar-refractivity contribution in [2.75, 3.05) is 0 Å². The lowest BCUT2D eigenvalue weighted by Crippen LogP contribution is -2.38. The number of benzene rings is 2. The number of ketones is 1. The Labute approximate surface area is 198 Å². The number of Topliss-reactive ketones (excluding diaryl/α,β-unsaturated/α-hetero) is 1. The van der Waals surface area contributed by atoms with Crippen molar-refractivity contribution in [2.45, 2.75) is 51.6 Å². The van der Waals surface area contributed by atoms with Gasteiger partial charge in [-0.3, -0.25) is 14.6 Å². The Kier molecular flexibility index (Phi) is 6.55. The normalized spacial score (nSPS) is 23.1. The summed E-state index contributed by atoms with van der Waals surface area (Å²) in [7, 11) is 0. The van der Waals surface area contributed by atoms with Crippen LogP contribution in [0.1, 0.15) is 56.6 Å². The summed E-state index contributed by atoms with van der Waals surface area (Å²) < 4.78 is 5.56. The van der Waals surface area contributed by atoms with Crippen molar-refractivity contribution in [2.24, 2.45) is 10.9 Å². The summed E-state index contributed by atoms with van der Waals surface area (Å²) in [5.41, 5.74) is 3.86. The molecule has 2 aromatic rings. The number of hydrogen-bond donors (Lipinski definition) is 0. The van der Waals surface area contributed by atoms with Crippen molar-refractivity contribution < 1.29 is 14.3 Å². The Morgan fingerprint density at radius 2 is 1.75 bits per heavy atom. The topological polar surface area (TPSA) is 55.7 Å². The van der Waals surface area contributed by atoms with Gasteiger partial charge >= 0.3 is 5.97 Å². The van der Waals surface area contributed by atoms with Crippen molar-refractivity contribution in [1.29, 1.82) is 0 Å². The fourth-order valence-corrected chi connectivity index (χ4v) is 5.00. The maximum atomic E-state index is 13.5. The van der Waals surface area contributed by atoms with Crippen LogP contribution in [0.3, 0.4) is 0 Å². The van der Waals surface area contributed by atoms with Gasteiger partial charge in [0, 0.05) is 29.3 Å². The van der Waals surface area contributed by atoms with Gasteiger partial charge < -0.3 is 4.74 Å². The zero-order valence-electron chi connectivity index (χ0n) is 18.3. The van der Waals surface area contributed by atoms with Gasteiger partial charge in [-0.05, 0) is 56.4 Å². The van der Waals surface area contributed by atoms with Gasteiger partial charge in [-0.15, -0.1) is 0 Å². The molecule has 0 aromatic heterocycles. The van der Waals surface area contributed by atoms with Gasteiger partial charge in [0.05, 0.1) is 16.1 Å². The van der Waals surface area contributed by atoms with Crippen LogP contribution < -0.4 is 0 Å². The molecule has 1 heterocycles. The van der Waals surface area contributed by atoms with Gasteiger partial charge in [0.1, 0.15) is 5.92 Å². The fourth-order valence-electron chi connectivity index (χ4n) is 4.70. The minimum Gasteiger partial charge on any atom is -0.462 e. The monoisotopic (exact) mass is 469 g/mol. The van der Waals surface area contributed by atoms with Crippen LogP contribution in [0.4, 0.5) is 0 Å². The number of nitrogens with zero attached hydrogens (tertiary/aromatic N) is 1. The van der Waals surface area contributed by atoms with Crippen LogP contribution in [0, 0.1) is 5.92 Å². The number of carbonyl (C=O) groups is 2. The third kappa shape index (κ3) is 4.39. The first-order chi connectivity index (χ1) is 15.3. The highest BCUT2D eigenvalue weighted by molar-refractivity contribution is 6.42. The van der Waals surface area contributed by atoms with Crippen LogP contribution in [-0.2, 0) is 14.3 Å². The van der Waals surface area contributed by atoms with Crippen LogP contribution in [0.25, 0.3) is 0 Å². The molecule has 0 N–H and O–H groups in total. The molecule has 1 aliphatic carbocycles. The first-order valence-corrected chi connectivity index (χ1v) is 11.5. The standard InChI is InChI=1S/C26H25Cl2NO3/c1-14(2)32-26(31)23-15(3)29-21-12-18(16-7-5-4-6-8-16)13-22(30)25(21)24(23)17-9-10-19(27)20(28)11-17/h4-11,14,18,23-24H,12-13H2,1-3H3/t18-,23?,24+/m1/s1. The molecule has 4 nitrogen and oxygen atoms in total. The van der Waals surface area contributed by atoms with Crippen molar-refractivity contribution in [1.82, 2.24) is 0 Å². The van der Waals surface area contributed by atoms with E-state index in [4.69, 9.17) is 32.9 Å². The lowest BCUT2D eigenvalue weighted by atomic mass is 9.69. The summed E-state index contributed by atoms with van der Waals surface area (Å²) in [6.45, 7) is 5.45. The Hall–Kier alpha value is -2.43. The van der Waals surface area contributed by atoms with Crippen molar-refractivity contribution >= 4 is 40.7 Å². The van der Waals surface area contributed by atoms with E-state index < -0.39 is 11.8 Å². The molecule has 0 spiro atoms. The van der Waals surface area contributed by atoms with Gasteiger partial charge in [-0.2, -0.15) is 0 Å². The van der Waals surface area contributed by atoms with Gasteiger partial charge in [0.25, 0.3) is 0 Å². The lowest BCUT2D eigenvalue weighted by Gasteiger charge is -2.36. The Balaban J connectivity index is 1.82. The minimum atomic E-state index is -0.689. The van der Waals surface area contributed by atoms with Crippen molar-refractivity contribution in [3.05, 3.63) is 81.0 Å². The van der Waals surface area contributed by atoms with Gasteiger partial charge in [0.2, 0.25) is 0 Å². The second-order valence-corrected chi connectivity index (χ2v) is 9.48. The van der Waals surface area contributed by atoms with E-state index in [2.05, 4.69) is 0 Å². The molecule has 0 fully saturated rings. The lowest BCUT2D eigenvalue weighted by molar-refractivity contribution is -0.150. The zero-order valence-corrected chi connectivity index (χ0v) is 19.8. The van der Waals surface area contributed by atoms with Crippen LogP contribution >= 0.6 is 23.2 Å². The average Bonchev–Trinajstić information content (AvgIpc) is 2.74. The Morgan fingerprint density at radius 1 is 1.03 bits per heavy atom. The van der Waals surface area contributed by atoms with E-state index in [0.717, 1.165) is 16.8 Å². The van der Waals surface area contributed by atoms with Gasteiger partial charge in [-0.25, -0.2) is 0 Å². The average molecular weight is 470 g/mol. The number of rotatable bonds is 4. The number of allylic oxidation sites excluding steroid dienone is 2. The molecule has 2 aliphatic rings. The molecule has 0 saturated carbocycles. The molecular weight excluding hydrogens is 445 g/mol. The molecule has 2 aromatic carbocycles. The zero-order chi connectivity index (χ0) is 23.0. The highest BCUT2D eigenvalue weighted by Gasteiger charge is 2.45. The van der Waals surface area contributed by atoms with E-state index >= 15 is 0 Å². The Morgan fingerprint density at radius 3 is 2.41 bits per heavy atom. The second kappa shape index (κ2) is 9.21.